The van der Waals surface area contributed by atoms with E-state index in [2.05, 4.69) is 0 Å². The number of ether oxygens (including phenoxy) is 5. The van der Waals surface area contributed by atoms with Crippen molar-refractivity contribution in [1.29, 1.82) is 5.26 Å². The normalized spacial score (nSPS) is 12.5. The summed E-state index contributed by atoms with van der Waals surface area (Å²) < 4.78 is 26.1. The van der Waals surface area contributed by atoms with Crippen LogP contribution < -0.4 is 18.9 Å². The fraction of sp³-hybridized carbons (Fsp3) is 0.333. The molecule has 0 atom stereocenters. The number of carbonyl (C=O) groups excluding carboxylic acids is 1. The zero-order valence-corrected chi connectivity index (χ0v) is 12.5. The molecule has 0 radical (unpaired) electrons. The second kappa shape index (κ2) is 6.72. The lowest BCUT2D eigenvalue weighted by Crippen LogP contribution is -2.06. The molecular weight excluding hydrogens is 290 g/mol. The van der Waals surface area contributed by atoms with E-state index in [4.69, 9.17) is 28.9 Å². The molecule has 1 aromatic rings. The zero-order chi connectivity index (χ0) is 16.1. The number of hydrogen-bond acceptors (Lipinski definition) is 7. The van der Waals surface area contributed by atoms with Gasteiger partial charge in [0.1, 0.15) is 11.6 Å². The Bertz CT molecular complexity index is 659. The van der Waals surface area contributed by atoms with Crippen LogP contribution in [0.2, 0.25) is 0 Å². The molecule has 1 aromatic carbocycles. The highest BCUT2D eigenvalue weighted by atomic mass is 16.7. The molecule has 0 amide bonds. The van der Waals surface area contributed by atoms with Gasteiger partial charge in [-0.3, -0.25) is 0 Å². The van der Waals surface area contributed by atoms with Crippen molar-refractivity contribution in [2.75, 3.05) is 27.6 Å². The van der Waals surface area contributed by atoms with Crippen LogP contribution in [0.4, 0.5) is 0 Å². The molecule has 2 rings (SSSR count). The Labute approximate surface area is 127 Å². The molecule has 0 fully saturated rings. The maximum absolute atomic E-state index is 11.7. The van der Waals surface area contributed by atoms with Gasteiger partial charge >= 0.3 is 5.97 Å². The standard InChI is InChI=1S/C15H15NO6/c1-4-20-15(17)10(7-16)5-9-6-11(18-2)13-14(12(9)19-3)22-8-21-13/h5-6H,4,8H2,1-3H3/b10-5-. The Morgan fingerprint density at radius 1 is 1.36 bits per heavy atom. The third kappa shape index (κ3) is 2.76. The van der Waals surface area contributed by atoms with E-state index in [0.717, 1.165) is 0 Å². The number of esters is 1. The van der Waals surface area contributed by atoms with E-state index in [-0.39, 0.29) is 19.0 Å². The molecule has 116 valence electrons. The molecule has 1 aliphatic heterocycles. The Hall–Kier alpha value is -2.88. The van der Waals surface area contributed by atoms with Gasteiger partial charge in [-0.2, -0.15) is 5.26 Å². The summed E-state index contributed by atoms with van der Waals surface area (Å²) >= 11 is 0. The average molecular weight is 305 g/mol. The van der Waals surface area contributed by atoms with Gasteiger partial charge in [0.05, 0.1) is 20.8 Å². The number of hydrogen-bond donors (Lipinski definition) is 0. The van der Waals surface area contributed by atoms with Gasteiger partial charge in [0.15, 0.2) is 11.5 Å². The first-order valence-corrected chi connectivity index (χ1v) is 6.49. The van der Waals surface area contributed by atoms with Gasteiger partial charge in [-0.05, 0) is 19.1 Å². The van der Waals surface area contributed by atoms with Crippen LogP contribution in [0.15, 0.2) is 11.6 Å². The third-order valence-corrected chi connectivity index (χ3v) is 2.93. The molecule has 0 saturated carbocycles. The van der Waals surface area contributed by atoms with Gasteiger partial charge in [0.2, 0.25) is 18.3 Å². The minimum absolute atomic E-state index is 0.0399. The quantitative estimate of drug-likeness (QED) is 0.466. The maximum Gasteiger partial charge on any atom is 0.348 e. The molecule has 0 aromatic heterocycles. The van der Waals surface area contributed by atoms with E-state index in [9.17, 15) is 4.79 Å². The summed E-state index contributed by atoms with van der Waals surface area (Å²) in [5, 5.41) is 9.12. The van der Waals surface area contributed by atoms with E-state index in [0.29, 0.717) is 28.6 Å². The van der Waals surface area contributed by atoms with E-state index in [1.165, 1.54) is 20.3 Å². The minimum Gasteiger partial charge on any atom is -0.493 e. The number of benzene rings is 1. The number of carbonyl (C=O) groups is 1. The van der Waals surface area contributed by atoms with Gasteiger partial charge in [0, 0.05) is 5.56 Å². The largest absolute Gasteiger partial charge is 0.493 e. The zero-order valence-electron chi connectivity index (χ0n) is 12.5. The summed E-state index contributed by atoms with van der Waals surface area (Å²) in [6, 6.07) is 3.41. The van der Waals surface area contributed by atoms with Crippen molar-refractivity contribution in [2.24, 2.45) is 0 Å². The Kier molecular flexibility index (Phi) is 4.73. The molecule has 7 nitrogen and oxygen atoms in total. The number of nitrogens with zero attached hydrogens (tertiary/aromatic N) is 1. The molecule has 1 heterocycles. The number of methoxy groups -OCH3 is 2. The fourth-order valence-electron chi connectivity index (χ4n) is 2.00. The number of rotatable bonds is 5. The molecule has 0 aliphatic carbocycles. The van der Waals surface area contributed by atoms with Crippen molar-refractivity contribution in [3.05, 3.63) is 17.2 Å². The minimum atomic E-state index is -0.705. The van der Waals surface area contributed by atoms with Crippen molar-refractivity contribution >= 4 is 12.0 Å². The van der Waals surface area contributed by atoms with Gasteiger partial charge < -0.3 is 23.7 Å². The Balaban J connectivity index is 2.55. The van der Waals surface area contributed by atoms with Crippen LogP contribution in [-0.2, 0) is 9.53 Å². The molecule has 7 heteroatoms. The first-order chi connectivity index (χ1) is 10.7. The molecule has 0 saturated heterocycles. The van der Waals surface area contributed by atoms with Gasteiger partial charge in [-0.25, -0.2) is 4.79 Å². The summed E-state index contributed by atoms with van der Waals surface area (Å²) in [6.45, 7) is 1.88. The number of nitriles is 1. The average Bonchev–Trinajstić information content (AvgIpc) is 3.01. The first-order valence-electron chi connectivity index (χ1n) is 6.49. The summed E-state index contributed by atoms with van der Waals surface area (Å²) in [5.74, 6) is 0.857. The van der Waals surface area contributed by atoms with Gasteiger partial charge in [-0.1, -0.05) is 0 Å². The maximum atomic E-state index is 11.7. The highest BCUT2D eigenvalue weighted by molar-refractivity contribution is 5.98. The highest BCUT2D eigenvalue weighted by Crippen LogP contribution is 2.49. The summed E-state index contributed by atoms with van der Waals surface area (Å²) in [6.07, 6.45) is 1.36. The molecule has 0 unspecified atom stereocenters. The lowest BCUT2D eigenvalue weighted by atomic mass is 10.1. The molecule has 0 spiro atoms. The van der Waals surface area contributed by atoms with E-state index in [1.807, 2.05) is 6.07 Å². The van der Waals surface area contributed by atoms with E-state index >= 15 is 0 Å². The lowest BCUT2D eigenvalue weighted by Gasteiger charge is -2.12. The van der Waals surface area contributed by atoms with Crippen LogP contribution in [0.5, 0.6) is 23.0 Å². The second-order valence-corrected chi connectivity index (χ2v) is 4.16. The van der Waals surface area contributed by atoms with Crippen LogP contribution in [0, 0.1) is 11.3 Å². The SMILES string of the molecule is CCOC(=O)/C(C#N)=C\c1cc(OC)c2c(c1OC)OCO2. The summed E-state index contributed by atoms with van der Waals surface area (Å²) in [4.78, 5) is 11.7. The van der Waals surface area contributed by atoms with Crippen molar-refractivity contribution < 1.29 is 28.5 Å². The van der Waals surface area contributed by atoms with Crippen LogP contribution in [0.1, 0.15) is 12.5 Å². The fourth-order valence-corrected chi connectivity index (χ4v) is 2.00. The number of fused-ring (bicyclic) bond motifs is 1. The van der Waals surface area contributed by atoms with Gasteiger partial charge in [0.25, 0.3) is 0 Å². The smallest absolute Gasteiger partial charge is 0.348 e. The second-order valence-electron chi connectivity index (χ2n) is 4.16. The van der Waals surface area contributed by atoms with E-state index in [1.54, 1.807) is 13.0 Å². The Morgan fingerprint density at radius 2 is 2.09 bits per heavy atom. The Morgan fingerprint density at radius 3 is 2.68 bits per heavy atom. The third-order valence-electron chi connectivity index (χ3n) is 2.93. The predicted molar refractivity (Wildman–Crippen MR) is 75.9 cm³/mol. The van der Waals surface area contributed by atoms with E-state index < -0.39 is 5.97 Å². The van der Waals surface area contributed by atoms with Gasteiger partial charge in [-0.15, -0.1) is 0 Å². The van der Waals surface area contributed by atoms with Crippen molar-refractivity contribution in [1.82, 2.24) is 0 Å². The molecule has 0 bridgehead atoms. The van der Waals surface area contributed by atoms with Crippen molar-refractivity contribution in [3.8, 4) is 29.1 Å². The molecular formula is C15H15NO6. The van der Waals surface area contributed by atoms with Crippen molar-refractivity contribution in [2.45, 2.75) is 6.92 Å². The van der Waals surface area contributed by atoms with Crippen LogP contribution >= 0.6 is 0 Å². The molecule has 1 aliphatic rings. The van der Waals surface area contributed by atoms with Crippen LogP contribution in [-0.4, -0.2) is 33.6 Å². The summed E-state index contributed by atoms with van der Waals surface area (Å²) in [7, 11) is 2.94. The molecule has 0 N–H and O–H groups in total. The topological polar surface area (TPSA) is 87.0 Å². The van der Waals surface area contributed by atoms with Crippen LogP contribution in [0.3, 0.4) is 0 Å². The highest BCUT2D eigenvalue weighted by Gasteiger charge is 2.27. The lowest BCUT2D eigenvalue weighted by molar-refractivity contribution is -0.137. The predicted octanol–water partition coefficient (Wildman–Crippen LogP) is 1.90. The summed E-state index contributed by atoms with van der Waals surface area (Å²) in [5.41, 5.74) is 0.300. The monoisotopic (exact) mass is 305 g/mol. The van der Waals surface area contributed by atoms with Crippen molar-refractivity contribution in [3.63, 3.8) is 0 Å². The molecule has 22 heavy (non-hydrogen) atoms. The first kappa shape index (κ1) is 15.5. The van der Waals surface area contributed by atoms with Crippen LogP contribution in [0.25, 0.3) is 6.08 Å².